The Morgan fingerprint density at radius 1 is 1.33 bits per heavy atom. The summed E-state index contributed by atoms with van der Waals surface area (Å²) in [6.07, 6.45) is 1.58. The number of carboxylic acid groups (broad SMARTS) is 1. The number of nitrogens with one attached hydrogen (secondary N) is 1. The number of hydrogen-bond acceptors (Lipinski definition) is 6. The summed E-state index contributed by atoms with van der Waals surface area (Å²) in [6, 6.07) is 2.85. The third kappa shape index (κ3) is 3.65. The Morgan fingerprint density at radius 3 is 2.48 bits per heavy atom. The smallest absolute Gasteiger partial charge is 0.305 e. The van der Waals surface area contributed by atoms with E-state index in [1.54, 1.807) is 0 Å². The van der Waals surface area contributed by atoms with Crippen molar-refractivity contribution in [3.63, 3.8) is 0 Å². The van der Waals surface area contributed by atoms with Gasteiger partial charge >= 0.3 is 5.97 Å². The van der Waals surface area contributed by atoms with Crippen LogP contribution in [0.1, 0.15) is 19.3 Å². The Balaban J connectivity index is 2.27. The number of nitro groups is 2. The summed E-state index contributed by atoms with van der Waals surface area (Å²) in [7, 11) is 0. The summed E-state index contributed by atoms with van der Waals surface area (Å²) in [4.78, 5) is 31.1. The molecule has 1 aromatic carbocycles. The summed E-state index contributed by atoms with van der Waals surface area (Å²) in [5.74, 6) is -0.833. The Morgan fingerprint density at radius 2 is 2.00 bits per heavy atom. The van der Waals surface area contributed by atoms with Crippen molar-refractivity contribution in [1.29, 1.82) is 0 Å². The van der Waals surface area contributed by atoms with E-state index in [1.165, 1.54) is 6.07 Å². The van der Waals surface area contributed by atoms with Gasteiger partial charge in [-0.05, 0) is 24.8 Å². The molecule has 21 heavy (non-hydrogen) atoms. The lowest BCUT2D eigenvalue weighted by molar-refractivity contribution is -0.393. The van der Waals surface area contributed by atoms with Gasteiger partial charge in [-0.3, -0.25) is 25.0 Å². The van der Waals surface area contributed by atoms with E-state index in [2.05, 4.69) is 5.32 Å². The lowest BCUT2D eigenvalue weighted by Gasteiger charge is -2.17. The van der Waals surface area contributed by atoms with Crippen LogP contribution >= 0.6 is 0 Å². The highest BCUT2D eigenvalue weighted by Crippen LogP contribution is 2.38. The van der Waals surface area contributed by atoms with Crippen molar-refractivity contribution in [3.8, 4) is 0 Å². The predicted octanol–water partition coefficient (Wildman–Crippen LogP) is 2.17. The van der Waals surface area contributed by atoms with Crippen molar-refractivity contribution in [2.45, 2.75) is 25.3 Å². The molecule has 0 spiro atoms. The number of non-ortho nitro benzene ring substituents is 1. The zero-order valence-electron chi connectivity index (χ0n) is 10.9. The predicted molar refractivity (Wildman–Crippen MR) is 72.1 cm³/mol. The molecule has 0 aliphatic heterocycles. The van der Waals surface area contributed by atoms with Gasteiger partial charge in [0.15, 0.2) is 0 Å². The number of anilines is 1. The fraction of sp³-hybridized carbons (Fsp3) is 0.417. The maximum atomic E-state index is 11.0. The zero-order valence-corrected chi connectivity index (χ0v) is 10.9. The molecular weight excluding hydrogens is 282 g/mol. The van der Waals surface area contributed by atoms with E-state index < -0.39 is 27.5 Å². The fourth-order valence-corrected chi connectivity index (χ4v) is 2.13. The van der Waals surface area contributed by atoms with Crippen molar-refractivity contribution in [3.05, 3.63) is 38.4 Å². The van der Waals surface area contributed by atoms with E-state index in [9.17, 15) is 25.0 Å². The first-order valence-corrected chi connectivity index (χ1v) is 6.29. The summed E-state index contributed by atoms with van der Waals surface area (Å²) in [6.45, 7) is 0. The van der Waals surface area contributed by atoms with E-state index in [1.807, 2.05) is 0 Å². The molecule has 1 unspecified atom stereocenters. The van der Waals surface area contributed by atoms with Gasteiger partial charge in [0.05, 0.1) is 22.3 Å². The second-order valence-electron chi connectivity index (χ2n) is 4.90. The van der Waals surface area contributed by atoms with Crippen LogP contribution in [-0.2, 0) is 4.79 Å². The molecule has 9 nitrogen and oxygen atoms in total. The molecule has 1 fully saturated rings. The molecule has 1 aromatic rings. The van der Waals surface area contributed by atoms with Gasteiger partial charge in [0.25, 0.3) is 11.4 Å². The second-order valence-corrected chi connectivity index (χ2v) is 4.90. The molecule has 0 bridgehead atoms. The van der Waals surface area contributed by atoms with Crippen LogP contribution in [0.15, 0.2) is 18.2 Å². The molecule has 1 aliphatic carbocycles. The highest BCUT2D eigenvalue weighted by molar-refractivity contribution is 5.70. The van der Waals surface area contributed by atoms with Crippen LogP contribution < -0.4 is 5.32 Å². The van der Waals surface area contributed by atoms with E-state index in [0.29, 0.717) is 0 Å². The SMILES string of the molecule is O=C(O)CC(Nc1ccc([N+](=O)[O-])cc1[N+](=O)[O-])C1CC1. The van der Waals surface area contributed by atoms with Crippen molar-refractivity contribution < 1.29 is 19.7 Å². The van der Waals surface area contributed by atoms with Crippen LogP contribution in [0.3, 0.4) is 0 Å². The molecule has 9 heteroatoms. The number of hydrogen-bond donors (Lipinski definition) is 2. The van der Waals surface area contributed by atoms with Gasteiger partial charge in [-0.15, -0.1) is 0 Å². The minimum Gasteiger partial charge on any atom is -0.481 e. The lowest BCUT2D eigenvalue weighted by Crippen LogP contribution is -2.25. The van der Waals surface area contributed by atoms with Crippen molar-refractivity contribution >= 4 is 23.0 Å². The molecule has 1 aliphatic rings. The number of aliphatic carboxylic acids is 1. The number of nitro benzene ring substituents is 2. The Labute approximate surface area is 118 Å². The first kappa shape index (κ1) is 14.7. The quantitative estimate of drug-likeness (QED) is 0.581. The average Bonchev–Trinajstić information content (AvgIpc) is 3.21. The van der Waals surface area contributed by atoms with Crippen LogP contribution in [-0.4, -0.2) is 27.0 Å². The first-order valence-electron chi connectivity index (χ1n) is 6.29. The minimum atomic E-state index is -0.996. The number of carbonyl (C=O) groups is 1. The number of nitrogens with zero attached hydrogens (tertiary/aromatic N) is 2. The molecule has 0 radical (unpaired) electrons. The Kier molecular flexibility index (Phi) is 4.01. The molecule has 0 saturated heterocycles. The first-order chi connectivity index (χ1) is 9.88. The van der Waals surface area contributed by atoms with Gasteiger partial charge in [-0.25, -0.2) is 0 Å². The number of carboxylic acids is 1. The summed E-state index contributed by atoms with van der Waals surface area (Å²) in [5, 5.41) is 33.4. The van der Waals surface area contributed by atoms with E-state index >= 15 is 0 Å². The largest absolute Gasteiger partial charge is 0.481 e. The number of rotatable bonds is 7. The summed E-state index contributed by atoms with van der Waals surface area (Å²) >= 11 is 0. The maximum absolute atomic E-state index is 11.0. The van der Waals surface area contributed by atoms with Crippen LogP contribution in [0.4, 0.5) is 17.1 Å². The lowest BCUT2D eigenvalue weighted by atomic mass is 10.1. The van der Waals surface area contributed by atoms with E-state index in [-0.39, 0.29) is 23.7 Å². The molecule has 1 saturated carbocycles. The second kappa shape index (κ2) is 5.73. The number of benzene rings is 1. The van der Waals surface area contributed by atoms with Crippen molar-refractivity contribution in [2.75, 3.05) is 5.32 Å². The highest BCUT2D eigenvalue weighted by atomic mass is 16.6. The Hall–Kier alpha value is -2.71. The van der Waals surface area contributed by atoms with Gasteiger partial charge in [0, 0.05) is 12.1 Å². The van der Waals surface area contributed by atoms with Gasteiger partial charge in [0.2, 0.25) is 0 Å². The van der Waals surface area contributed by atoms with Gasteiger partial charge < -0.3 is 10.4 Å². The summed E-state index contributed by atoms with van der Waals surface area (Å²) < 4.78 is 0. The standard InChI is InChI=1S/C12H13N3O6/c16-12(17)6-10(7-1-2-7)13-9-4-3-8(14(18)19)5-11(9)15(20)21/h3-5,7,10,13H,1-2,6H2,(H,16,17). The van der Waals surface area contributed by atoms with Gasteiger partial charge in [0.1, 0.15) is 5.69 Å². The zero-order chi connectivity index (χ0) is 15.6. The minimum absolute atomic E-state index is 0.101. The molecule has 0 heterocycles. The van der Waals surface area contributed by atoms with Crippen LogP contribution in [0, 0.1) is 26.1 Å². The Bertz CT molecular complexity index is 599. The van der Waals surface area contributed by atoms with Crippen LogP contribution in [0.25, 0.3) is 0 Å². The van der Waals surface area contributed by atoms with Gasteiger partial charge in [-0.2, -0.15) is 0 Å². The monoisotopic (exact) mass is 295 g/mol. The molecule has 2 rings (SSSR count). The molecular formula is C12H13N3O6. The normalized spacial score (nSPS) is 15.2. The summed E-state index contributed by atoms with van der Waals surface area (Å²) in [5.41, 5.74) is -0.711. The molecule has 1 atom stereocenters. The molecule has 2 N–H and O–H groups in total. The van der Waals surface area contributed by atoms with Gasteiger partial charge in [-0.1, -0.05) is 0 Å². The molecule has 112 valence electrons. The van der Waals surface area contributed by atoms with Crippen molar-refractivity contribution in [1.82, 2.24) is 0 Å². The third-order valence-electron chi connectivity index (χ3n) is 3.32. The molecule has 0 aromatic heterocycles. The van der Waals surface area contributed by atoms with Crippen LogP contribution in [0.2, 0.25) is 0 Å². The van der Waals surface area contributed by atoms with Crippen molar-refractivity contribution in [2.24, 2.45) is 5.92 Å². The maximum Gasteiger partial charge on any atom is 0.305 e. The van der Waals surface area contributed by atoms with E-state index in [4.69, 9.17) is 5.11 Å². The fourth-order valence-electron chi connectivity index (χ4n) is 2.13. The highest BCUT2D eigenvalue weighted by Gasteiger charge is 2.34. The molecule has 0 amide bonds. The third-order valence-corrected chi connectivity index (χ3v) is 3.32. The van der Waals surface area contributed by atoms with E-state index in [0.717, 1.165) is 25.0 Å². The average molecular weight is 295 g/mol. The topological polar surface area (TPSA) is 136 Å². The van der Waals surface area contributed by atoms with Crippen LogP contribution in [0.5, 0.6) is 0 Å².